The first-order valence-corrected chi connectivity index (χ1v) is 8.62. The number of carbonyl (C=O) groups is 1. The molecular formula is C23H17FO3. The Morgan fingerprint density at radius 3 is 2.56 bits per heavy atom. The number of benzene rings is 3. The first kappa shape index (κ1) is 17.0. The Hall–Kier alpha value is -3.40. The zero-order valence-corrected chi connectivity index (χ0v) is 14.7. The van der Waals surface area contributed by atoms with Gasteiger partial charge in [-0.1, -0.05) is 48.5 Å². The van der Waals surface area contributed by atoms with Gasteiger partial charge in [0, 0.05) is 11.6 Å². The van der Waals surface area contributed by atoms with E-state index in [1.54, 1.807) is 36.4 Å². The average molecular weight is 360 g/mol. The molecule has 134 valence electrons. The van der Waals surface area contributed by atoms with Crippen molar-refractivity contribution in [3.8, 4) is 11.5 Å². The molecule has 4 heteroatoms. The molecule has 0 spiro atoms. The molecule has 0 radical (unpaired) electrons. The van der Waals surface area contributed by atoms with Crippen LogP contribution in [0.2, 0.25) is 0 Å². The molecule has 0 fully saturated rings. The zero-order valence-electron chi connectivity index (χ0n) is 14.7. The molecule has 0 aromatic heterocycles. The van der Waals surface area contributed by atoms with Gasteiger partial charge >= 0.3 is 0 Å². The van der Waals surface area contributed by atoms with Crippen molar-refractivity contribution in [3.05, 3.63) is 101 Å². The van der Waals surface area contributed by atoms with Crippen molar-refractivity contribution < 1.29 is 18.7 Å². The third kappa shape index (κ3) is 3.47. The third-order valence-corrected chi connectivity index (χ3v) is 4.39. The fraction of sp³-hybridized carbons (Fsp3) is 0.0870. The van der Waals surface area contributed by atoms with Crippen LogP contribution in [0.25, 0.3) is 6.08 Å². The van der Waals surface area contributed by atoms with Gasteiger partial charge in [0.25, 0.3) is 0 Å². The summed E-state index contributed by atoms with van der Waals surface area (Å²) < 4.78 is 25.2. The van der Waals surface area contributed by atoms with Gasteiger partial charge in [-0.15, -0.1) is 0 Å². The molecule has 1 heterocycles. The van der Waals surface area contributed by atoms with Gasteiger partial charge < -0.3 is 9.47 Å². The van der Waals surface area contributed by atoms with E-state index in [4.69, 9.17) is 9.47 Å². The van der Waals surface area contributed by atoms with Gasteiger partial charge in [-0.2, -0.15) is 0 Å². The van der Waals surface area contributed by atoms with Crippen LogP contribution in [-0.4, -0.2) is 5.78 Å². The van der Waals surface area contributed by atoms with E-state index in [1.807, 2.05) is 37.3 Å². The second-order valence-electron chi connectivity index (χ2n) is 6.34. The summed E-state index contributed by atoms with van der Waals surface area (Å²) >= 11 is 0. The van der Waals surface area contributed by atoms with Gasteiger partial charge in [0.2, 0.25) is 5.78 Å². The highest BCUT2D eigenvalue weighted by Crippen LogP contribution is 2.37. The standard InChI is InChI=1S/C23H17FO3/c1-15-11-18(26-14-17-9-5-6-10-19(17)24)13-20-22(15)23(25)21(27-20)12-16-7-3-2-4-8-16/h2-13H,14H2,1H3/b21-12-. The Morgan fingerprint density at radius 1 is 1.04 bits per heavy atom. The molecule has 0 unspecified atom stereocenters. The first-order chi connectivity index (χ1) is 13.1. The average Bonchev–Trinajstić information content (AvgIpc) is 2.98. The van der Waals surface area contributed by atoms with Crippen LogP contribution in [0.15, 0.2) is 72.5 Å². The number of ether oxygens (including phenoxy) is 2. The summed E-state index contributed by atoms with van der Waals surface area (Å²) in [5.74, 6) is 0.821. The van der Waals surface area contributed by atoms with Gasteiger partial charge in [0.05, 0.1) is 5.56 Å². The van der Waals surface area contributed by atoms with E-state index >= 15 is 0 Å². The maximum absolute atomic E-state index is 13.7. The lowest BCUT2D eigenvalue weighted by molar-refractivity contribution is 0.101. The van der Waals surface area contributed by atoms with Gasteiger partial charge in [-0.05, 0) is 36.3 Å². The van der Waals surface area contributed by atoms with Gasteiger partial charge in [-0.3, -0.25) is 4.79 Å². The Bertz CT molecular complexity index is 1040. The van der Waals surface area contributed by atoms with Crippen LogP contribution in [0.1, 0.15) is 27.0 Å². The van der Waals surface area contributed by atoms with E-state index < -0.39 is 0 Å². The predicted molar refractivity (Wildman–Crippen MR) is 101 cm³/mol. The van der Waals surface area contributed by atoms with Gasteiger partial charge in [0.15, 0.2) is 5.76 Å². The third-order valence-electron chi connectivity index (χ3n) is 4.39. The molecule has 1 aliphatic rings. The molecule has 1 aliphatic heterocycles. The lowest BCUT2D eigenvalue weighted by Crippen LogP contribution is -2.00. The predicted octanol–water partition coefficient (Wildman–Crippen LogP) is 5.33. The van der Waals surface area contributed by atoms with E-state index in [-0.39, 0.29) is 24.0 Å². The van der Waals surface area contributed by atoms with Crippen molar-refractivity contribution in [3.63, 3.8) is 0 Å². The first-order valence-electron chi connectivity index (χ1n) is 8.62. The van der Waals surface area contributed by atoms with Crippen LogP contribution >= 0.6 is 0 Å². The molecule has 3 nitrogen and oxygen atoms in total. The molecule has 0 saturated heterocycles. The lowest BCUT2D eigenvalue weighted by Gasteiger charge is -2.09. The summed E-state index contributed by atoms with van der Waals surface area (Å²) in [7, 11) is 0. The normalized spacial score (nSPS) is 14.1. The molecule has 0 amide bonds. The van der Waals surface area contributed by atoms with Crippen molar-refractivity contribution >= 4 is 11.9 Å². The fourth-order valence-electron chi connectivity index (χ4n) is 3.04. The second kappa shape index (κ2) is 7.08. The number of Topliss-reactive ketones (excluding diaryl/α,β-unsaturated/α-hetero) is 1. The Labute approximate surface area is 156 Å². The largest absolute Gasteiger partial charge is 0.489 e. The van der Waals surface area contributed by atoms with Crippen LogP contribution in [0.3, 0.4) is 0 Å². The molecule has 0 bridgehead atoms. The Kier molecular flexibility index (Phi) is 4.47. The summed E-state index contributed by atoms with van der Waals surface area (Å²) in [6, 6.07) is 19.4. The van der Waals surface area contributed by atoms with E-state index in [2.05, 4.69) is 0 Å². The summed E-state index contributed by atoms with van der Waals surface area (Å²) in [5, 5.41) is 0. The van der Waals surface area contributed by atoms with E-state index in [9.17, 15) is 9.18 Å². The number of carbonyl (C=O) groups excluding carboxylic acids is 1. The minimum Gasteiger partial charge on any atom is -0.489 e. The number of halogens is 1. The highest BCUT2D eigenvalue weighted by atomic mass is 19.1. The number of allylic oxidation sites excluding steroid dienone is 1. The Morgan fingerprint density at radius 2 is 1.78 bits per heavy atom. The smallest absolute Gasteiger partial charge is 0.232 e. The summed E-state index contributed by atoms with van der Waals surface area (Å²) in [6.07, 6.45) is 1.72. The van der Waals surface area contributed by atoms with Crippen LogP contribution in [-0.2, 0) is 6.61 Å². The summed E-state index contributed by atoms with van der Waals surface area (Å²) in [5.41, 5.74) is 2.66. The molecule has 0 saturated carbocycles. The van der Waals surface area contributed by atoms with E-state index in [0.29, 0.717) is 22.6 Å². The molecule has 3 aromatic rings. The molecule has 4 rings (SSSR count). The molecule has 0 atom stereocenters. The highest BCUT2D eigenvalue weighted by Gasteiger charge is 2.30. The van der Waals surface area contributed by atoms with Crippen LogP contribution in [0, 0.1) is 12.7 Å². The topological polar surface area (TPSA) is 35.5 Å². The minimum atomic E-state index is -0.310. The minimum absolute atomic E-state index is 0.103. The second-order valence-corrected chi connectivity index (χ2v) is 6.34. The monoisotopic (exact) mass is 360 g/mol. The number of aryl methyl sites for hydroxylation is 1. The molecule has 3 aromatic carbocycles. The number of fused-ring (bicyclic) bond motifs is 1. The number of hydrogen-bond acceptors (Lipinski definition) is 3. The maximum atomic E-state index is 13.7. The van der Waals surface area contributed by atoms with Crippen LogP contribution in [0.4, 0.5) is 4.39 Å². The lowest BCUT2D eigenvalue weighted by atomic mass is 10.0. The van der Waals surface area contributed by atoms with Crippen molar-refractivity contribution in [1.29, 1.82) is 0 Å². The molecular weight excluding hydrogens is 343 g/mol. The van der Waals surface area contributed by atoms with Crippen molar-refractivity contribution in [1.82, 2.24) is 0 Å². The van der Waals surface area contributed by atoms with Crippen LogP contribution < -0.4 is 9.47 Å². The number of ketones is 1. The Balaban J connectivity index is 1.58. The van der Waals surface area contributed by atoms with Crippen LogP contribution in [0.5, 0.6) is 11.5 Å². The highest BCUT2D eigenvalue weighted by molar-refractivity contribution is 6.15. The SMILES string of the molecule is Cc1cc(OCc2ccccc2F)cc2c1C(=O)/C(=C/c1ccccc1)O2. The molecule has 27 heavy (non-hydrogen) atoms. The number of rotatable bonds is 4. The summed E-state index contributed by atoms with van der Waals surface area (Å²) in [6.45, 7) is 1.94. The zero-order chi connectivity index (χ0) is 18.8. The number of hydrogen-bond donors (Lipinski definition) is 0. The van der Waals surface area contributed by atoms with Gasteiger partial charge in [0.1, 0.15) is 23.9 Å². The van der Waals surface area contributed by atoms with Crippen molar-refractivity contribution in [2.75, 3.05) is 0 Å². The quantitative estimate of drug-likeness (QED) is 0.590. The molecule has 0 aliphatic carbocycles. The maximum Gasteiger partial charge on any atom is 0.232 e. The molecule has 0 N–H and O–H groups in total. The van der Waals surface area contributed by atoms with Crippen molar-refractivity contribution in [2.45, 2.75) is 13.5 Å². The van der Waals surface area contributed by atoms with E-state index in [0.717, 1.165) is 11.1 Å². The van der Waals surface area contributed by atoms with E-state index in [1.165, 1.54) is 6.07 Å². The fourth-order valence-corrected chi connectivity index (χ4v) is 3.04. The summed E-state index contributed by atoms with van der Waals surface area (Å²) in [4.78, 5) is 12.7. The van der Waals surface area contributed by atoms with Gasteiger partial charge in [-0.25, -0.2) is 4.39 Å². The van der Waals surface area contributed by atoms with Crippen molar-refractivity contribution in [2.24, 2.45) is 0 Å².